The van der Waals surface area contributed by atoms with Crippen molar-refractivity contribution in [2.75, 3.05) is 34.4 Å². The quantitative estimate of drug-likeness (QED) is 0.247. The van der Waals surface area contributed by atoms with Gasteiger partial charge in [-0.15, -0.1) is 12.4 Å². The number of nitrogens with zero attached hydrogens (tertiary/aromatic N) is 3. The molecule has 0 aromatic carbocycles. The lowest BCUT2D eigenvalue weighted by Crippen LogP contribution is -2.23. The number of halogens is 1. The molecule has 0 aromatic heterocycles. The topological polar surface area (TPSA) is 57.4 Å². The number of ether oxygens (including phenoxy) is 1. The van der Waals surface area contributed by atoms with Crippen molar-refractivity contribution < 1.29 is 9.94 Å². The Hall–Kier alpha value is -0.810. The number of hydrogen-bond acceptors (Lipinski definition) is 4. The molecule has 0 unspecified atom stereocenters. The molecule has 14 heavy (non-hydrogen) atoms. The van der Waals surface area contributed by atoms with Crippen molar-refractivity contribution in [1.82, 2.24) is 4.90 Å². The molecule has 0 aliphatic heterocycles. The molecule has 5 nitrogen and oxygen atoms in total. The zero-order valence-corrected chi connectivity index (χ0v) is 9.62. The molecule has 0 saturated heterocycles. The molecular formula is C8H18ClN3O2. The summed E-state index contributed by atoms with van der Waals surface area (Å²) in [6.45, 7) is 1.37. The summed E-state index contributed by atoms with van der Waals surface area (Å²) in [5.41, 5.74) is 0. The number of hydrogen-bond donors (Lipinski definition) is 1. The lowest BCUT2D eigenvalue weighted by molar-refractivity contribution is 0.197. The average Bonchev–Trinajstić information content (AvgIpc) is 2.10. The molecule has 0 bridgehead atoms. The van der Waals surface area contributed by atoms with Gasteiger partial charge in [-0.05, 0) is 6.42 Å². The highest BCUT2D eigenvalue weighted by atomic mass is 35.5. The third-order valence-corrected chi connectivity index (χ3v) is 1.41. The lowest BCUT2D eigenvalue weighted by Gasteiger charge is -2.10. The Kier molecular flexibility index (Phi) is 11.5. The van der Waals surface area contributed by atoms with Crippen LogP contribution < -0.4 is 0 Å². The van der Waals surface area contributed by atoms with Crippen LogP contribution in [0.1, 0.15) is 6.42 Å². The molecule has 84 valence electrons. The molecule has 0 fully saturated rings. The second-order valence-electron chi connectivity index (χ2n) is 2.73. The number of methoxy groups -OCH3 is 1. The fraction of sp³-hybridized carbons (Fsp3) is 0.750. The Bertz CT molecular complexity index is 183. The SMILES string of the molecule is COCCCN=C(/C=N/O)N(C)C.Cl. The molecule has 0 aliphatic carbocycles. The van der Waals surface area contributed by atoms with Gasteiger partial charge in [0, 0.05) is 34.4 Å². The maximum atomic E-state index is 8.33. The van der Waals surface area contributed by atoms with E-state index in [1.807, 2.05) is 14.1 Å². The Labute approximate surface area is 90.9 Å². The first kappa shape index (κ1) is 15.7. The third kappa shape index (κ3) is 7.82. The summed E-state index contributed by atoms with van der Waals surface area (Å²) in [6.07, 6.45) is 2.18. The first-order chi connectivity index (χ1) is 6.22. The van der Waals surface area contributed by atoms with Crippen molar-refractivity contribution in [3.05, 3.63) is 0 Å². The van der Waals surface area contributed by atoms with E-state index in [1.54, 1.807) is 12.0 Å². The molecule has 0 heterocycles. The fourth-order valence-corrected chi connectivity index (χ4v) is 0.752. The summed E-state index contributed by atoms with van der Waals surface area (Å²) in [7, 11) is 5.35. The van der Waals surface area contributed by atoms with E-state index in [1.165, 1.54) is 6.21 Å². The Morgan fingerprint density at radius 1 is 1.50 bits per heavy atom. The molecule has 0 aliphatic rings. The van der Waals surface area contributed by atoms with Gasteiger partial charge < -0.3 is 14.8 Å². The molecule has 0 aromatic rings. The molecule has 0 saturated carbocycles. The molecule has 0 rings (SSSR count). The average molecular weight is 224 g/mol. The van der Waals surface area contributed by atoms with Crippen LogP contribution in [0.15, 0.2) is 10.1 Å². The van der Waals surface area contributed by atoms with Gasteiger partial charge in [-0.2, -0.15) is 0 Å². The van der Waals surface area contributed by atoms with Crippen LogP contribution in [0.3, 0.4) is 0 Å². The summed E-state index contributed by atoms with van der Waals surface area (Å²) >= 11 is 0. The first-order valence-electron chi connectivity index (χ1n) is 4.10. The maximum absolute atomic E-state index is 8.33. The maximum Gasteiger partial charge on any atom is 0.145 e. The summed E-state index contributed by atoms with van der Waals surface area (Å²) in [5.74, 6) is 0.651. The van der Waals surface area contributed by atoms with E-state index in [4.69, 9.17) is 9.94 Å². The van der Waals surface area contributed by atoms with Crippen molar-refractivity contribution in [3.8, 4) is 0 Å². The van der Waals surface area contributed by atoms with Gasteiger partial charge in [-0.1, -0.05) is 5.16 Å². The molecule has 6 heteroatoms. The van der Waals surface area contributed by atoms with E-state index in [0.29, 0.717) is 19.0 Å². The molecule has 0 spiro atoms. The van der Waals surface area contributed by atoms with Crippen LogP contribution in [-0.2, 0) is 4.74 Å². The van der Waals surface area contributed by atoms with Crippen molar-refractivity contribution in [2.45, 2.75) is 6.42 Å². The summed E-state index contributed by atoms with van der Waals surface area (Å²) < 4.78 is 4.88. The van der Waals surface area contributed by atoms with Crippen LogP contribution in [0.5, 0.6) is 0 Å². The van der Waals surface area contributed by atoms with Crippen molar-refractivity contribution in [1.29, 1.82) is 0 Å². The second kappa shape index (κ2) is 10.3. The van der Waals surface area contributed by atoms with Crippen LogP contribution in [-0.4, -0.2) is 56.5 Å². The second-order valence-corrected chi connectivity index (χ2v) is 2.73. The zero-order valence-electron chi connectivity index (χ0n) is 8.80. The first-order valence-corrected chi connectivity index (χ1v) is 4.10. The van der Waals surface area contributed by atoms with Crippen LogP contribution in [0, 0.1) is 0 Å². The predicted molar refractivity (Wildman–Crippen MR) is 60.0 cm³/mol. The van der Waals surface area contributed by atoms with Gasteiger partial charge in [0.2, 0.25) is 0 Å². The van der Waals surface area contributed by atoms with Gasteiger partial charge >= 0.3 is 0 Å². The van der Waals surface area contributed by atoms with Crippen molar-refractivity contribution in [3.63, 3.8) is 0 Å². The van der Waals surface area contributed by atoms with Gasteiger partial charge in [-0.25, -0.2) is 0 Å². The fourth-order valence-electron chi connectivity index (χ4n) is 0.752. The van der Waals surface area contributed by atoms with Crippen LogP contribution >= 0.6 is 12.4 Å². The molecule has 0 amide bonds. The lowest BCUT2D eigenvalue weighted by atomic mass is 10.4. The zero-order chi connectivity index (χ0) is 10.1. The van der Waals surface area contributed by atoms with E-state index in [0.717, 1.165) is 6.42 Å². The van der Waals surface area contributed by atoms with Gasteiger partial charge in [0.1, 0.15) is 12.1 Å². The number of aliphatic imine (C=N–C) groups is 1. The van der Waals surface area contributed by atoms with Crippen molar-refractivity contribution >= 4 is 24.5 Å². The highest BCUT2D eigenvalue weighted by Crippen LogP contribution is 1.86. The van der Waals surface area contributed by atoms with E-state index < -0.39 is 0 Å². The smallest absolute Gasteiger partial charge is 0.145 e. The number of oxime groups is 1. The highest BCUT2D eigenvalue weighted by molar-refractivity contribution is 6.28. The third-order valence-electron chi connectivity index (χ3n) is 1.41. The van der Waals surface area contributed by atoms with Gasteiger partial charge in [0.15, 0.2) is 0 Å². The Balaban J connectivity index is 0. The van der Waals surface area contributed by atoms with Crippen LogP contribution in [0.2, 0.25) is 0 Å². The van der Waals surface area contributed by atoms with E-state index in [9.17, 15) is 0 Å². The Morgan fingerprint density at radius 3 is 2.57 bits per heavy atom. The largest absolute Gasteiger partial charge is 0.411 e. The minimum absolute atomic E-state index is 0. The molecule has 0 atom stereocenters. The number of amidine groups is 1. The minimum Gasteiger partial charge on any atom is -0.411 e. The van der Waals surface area contributed by atoms with Crippen molar-refractivity contribution in [2.24, 2.45) is 10.1 Å². The van der Waals surface area contributed by atoms with Gasteiger partial charge in [-0.3, -0.25) is 4.99 Å². The molecular weight excluding hydrogens is 206 g/mol. The minimum atomic E-state index is 0. The van der Waals surface area contributed by atoms with E-state index in [2.05, 4.69) is 10.1 Å². The van der Waals surface area contributed by atoms with Crippen LogP contribution in [0.25, 0.3) is 0 Å². The van der Waals surface area contributed by atoms with Crippen LogP contribution in [0.4, 0.5) is 0 Å². The number of rotatable bonds is 5. The monoisotopic (exact) mass is 223 g/mol. The van der Waals surface area contributed by atoms with Gasteiger partial charge in [0.25, 0.3) is 0 Å². The van der Waals surface area contributed by atoms with E-state index >= 15 is 0 Å². The Morgan fingerprint density at radius 2 is 2.14 bits per heavy atom. The summed E-state index contributed by atoms with van der Waals surface area (Å²) in [6, 6.07) is 0. The highest BCUT2D eigenvalue weighted by Gasteiger charge is 1.96. The normalized spacial score (nSPS) is 11.5. The summed E-state index contributed by atoms with van der Waals surface area (Å²) in [5, 5.41) is 11.3. The standard InChI is InChI=1S/C8H17N3O2.ClH/c1-11(2)8(7-10-12)9-5-4-6-13-3;/h7,12H,4-6H2,1-3H3;1H/b9-8?,10-7+;. The predicted octanol–water partition coefficient (Wildman–Crippen LogP) is 0.865. The molecule has 0 radical (unpaired) electrons. The summed E-state index contributed by atoms with van der Waals surface area (Å²) in [4.78, 5) is 5.99. The molecule has 1 N–H and O–H groups in total. The van der Waals surface area contributed by atoms with Gasteiger partial charge in [0.05, 0.1) is 0 Å². The van der Waals surface area contributed by atoms with E-state index in [-0.39, 0.29) is 12.4 Å².